The van der Waals surface area contributed by atoms with E-state index in [4.69, 9.17) is 32.4 Å². The molecule has 0 saturated heterocycles. The Morgan fingerprint density at radius 3 is 1.00 bits per heavy atom. The minimum atomic E-state index is -0.210. The van der Waals surface area contributed by atoms with Crippen LogP contribution in [0.3, 0.4) is 0 Å². The van der Waals surface area contributed by atoms with Crippen molar-refractivity contribution >= 4 is 11.8 Å². The minimum absolute atomic E-state index is 0.0857. The predicted octanol–water partition coefficient (Wildman–Crippen LogP) is 10.4. The summed E-state index contributed by atoms with van der Waals surface area (Å²) in [6, 6.07) is -0.419. The molecule has 2 atom stereocenters. The first kappa shape index (κ1) is 82.9. The fourth-order valence-corrected chi connectivity index (χ4v) is 10.6. The predicted molar refractivity (Wildman–Crippen MR) is 367 cm³/mol. The van der Waals surface area contributed by atoms with Crippen LogP contribution >= 0.6 is 0 Å². The summed E-state index contributed by atoms with van der Waals surface area (Å²) in [4.78, 5) is 31.8. The number of nitrogens with two attached hydrogens (primary N) is 4. The Balaban J connectivity index is 5.20. The number of nitrogens with one attached hydrogen (secondary N) is 6. The summed E-state index contributed by atoms with van der Waals surface area (Å²) >= 11 is 0. The van der Waals surface area contributed by atoms with Gasteiger partial charge in [-0.1, -0.05) is 147 Å². The summed E-state index contributed by atoms with van der Waals surface area (Å²) in [5.41, 5.74) is 22.9. The molecule has 14 N–H and O–H groups in total. The molecule has 0 aliphatic heterocycles. The lowest BCUT2D eigenvalue weighted by atomic mass is 10.1. The van der Waals surface area contributed by atoms with Gasteiger partial charge in [0.05, 0.1) is 38.5 Å². The first-order valence-electron chi connectivity index (χ1n) is 36.1. The van der Waals surface area contributed by atoms with Gasteiger partial charge in [-0.05, 0) is 220 Å². The topological polar surface area (TPSA) is 235 Å². The summed E-state index contributed by atoms with van der Waals surface area (Å²) in [6.07, 6.45) is 53.7. The van der Waals surface area contributed by atoms with Gasteiger partial charge in [0.1, 0.15) is 0 Å². The highest BCUT2D eigenvalue weighted by Crippen LogP contribution is 2.13. The van der Waals surface area contributed by atoms with Crippen molar-refractivity contribution in [2.24, 2.45) is 22.9 Å². The quantitative estimate of drug-likeness (QED) is 0.0202. The monoisotopic (exact) mass is 1210 g/mol. The molecule has 16 nitrogen and oxygen atoms in total. The van der Waals surface area contributed by atoms with Crippen LogP contribution in [0.5, 0.6) is 0 Å². The molecule has 0 saturated carbocycles. The molecule has 85 heavy (non-hydrogen) atoms. The number of hydrogen-bond donors (Lipinski definition) is 10. The van der Waals surface area contributed by atoms with Crippen LogP contribution < -0.4 is 54.8 Å². The van der Waals surface area contributed by atoms with Crippen molar-refractivity contribution in [1.82, 2.24) is 41.7 Å². The first-order chi connectivity index (χ1) is 42.0. The van der Waals surface area contributed by atoms with Gasteiger partial charge in [0.25, 0.3) is 0 Å². The maximum atomic E-state index is 13.4. The van der Waals surface area contributed by atoms with E-state index in [0.717, 1.165) is 143 Å². The van der Waals surface area contributed by atoms with Crippen molar-refractivity contribution in [2.75, 3.05) is 144 Å². The molecule has 0 bridgehead atoms. The van der Waals surface area contributed by atoms with Crippen molar-refractivity contribution < 1.29 is 19.1 Å². The second-order valence-electron chi connectivity index (χ2n) is 24.1. The van der Waals surface area contributed by atoms with Crippen LogP contribution in [0.4, 0.5) is 0 Å². The number of hydrogen-bond acceptors (Lipinski definition) is 14. The molecular formula is C69H144N12O4. The number of ether oxygens (including phenoxy) is 2. The smallest absolute Gasteiger partial charge is 0.237 e. The highest BCUT2D eigenvalue weighted by atomic mass is 16.5. The van der Waals surface area contributed by atoms with Crippen LogP contribution in [-0.4, -0.2) is 178 Å². The second kappa shape index (κ2) is 71.0. The lowest BCUT2D eigenvalue weighted by Gasteiger charge is -2.24. The molecule has 0 fully saturated rings. The zero-order chi connectivity index (χ0) is 61.7. The highest BCUT2D eigenvalue weighted by Gasteiger charge is 2.19. The number of unbranched alkanes of at least 4 members (excludes halogenated alkanes) is 23. The molecule has 0 aromatic rings. The number of carbonyl (C=O) groups excluding carboxylic acids is 2. The van der Waals surface area contributed by atoms with Gasteiger partial charge >= 0.3 is 0 Å². The fraction of sp³-hybridized carbons (Fsp3) is 0.913. The number of nitrogens with zero attached hydrogens (tertiary/aromatic N) is 2. The summed E-state index contributed by atoms with van der Waals surface area (Å²) in [5.74, 6) is 0.172. The van der Waals surface area contributed by atoms with Crippen molar-refractivity contribution in [1.29, 1.82) is 0 Å². The zero-order valence-corrected chi connectivity index (χ0v) is 56.0. The molecule has 0 aliphatic carbocycles. The molecule has 2 unspecified atom stereocenters. The summed E-state index contributed by atoms with van der Waals surface area (Å²) in [5, 5.41) is 20.3. The van der Waals surface area contributed by atoms with Crippen molar-refractivity contribution in [3.05, 3.63) is 24.3 Å². The van der Waals surface area contributed by atoms with Crippen molar-refractivity contribution in [3.8, 4) is 0 Å². The molecule has 0 aromatic heterocycles. The van der Waals surface area contributed by atoms with Crippen molar-refractivity contribution in [3.63, 3.8) is 0 Å². The third-order valence-electron chi connectivity index (χ3n) is 16.1. The normalized spacial score (nSPS) is 12.7. The average Bonchev–Trinajstić information content (AvgIpc) is 3.52. The Morgan fingerprint density at radius 2 is 0.647 bits per heavy atom. The van der Waals surface area contributed by atoms with Crippen LogP contribution in [0.15, 0.2) is 24.3 Å². The molecular weight excluding hydrogens is 1060 g/mol. The van der Waals surface area contributed by atoms with Crippen LogP contribution in [-0.2, 0) is 19.1 Å². The van der Waals surface area contributed by atoms with E-state index in [2.05, 4.69) is 79.9 Å². The van der Waals surface area contributed by atoms with Crippen LogP contribution in [0, 0.1) is 0 Å². The fourth-order valence-electron chi connectivity index (χ4n) is 10.6. The van der Waals surface area contributed by atoms with Crippen LogP contribution in [0.1, 0.15) is 251 Å². The molecule has 0 rings (SSSR count). The lowest BCUT2D eigenvalue weighted by molar-refractivity contribution is -0.124. The van der Waals surface area contributed by atoms with E-state index in [1.165, 1.54) is 173 Å². The lowest BCUT2D eigenvalue weighted by Crippen LogP contribution is -2.45. The Labute approximate surface area is 525 Å². The second-order valence-corrected chi connectivity index (χ2v) is 24.1. The Morgan fingerprint density at radius 1 is 0.341 bits per heavy atom. The number of amides is 2. The molecule has 0 aliphatic rings. The van der Waals surface area contributed by atoms with Gasteiger partial charge in [0, 0.05) is 26.2 Å². The summed E-state index contributed by atoms with van der Waals surface area (Å²) < 4.78 is 12.4. The Kier molecular flexibility index (Phi) is 69.3. The molecule has 2 amide bonds. The van der Waals surface area contributed by atoms with Gasteiger partial charge in [0.2, 0.25) is 11.8 Å². The van der Waals surface area contributed by atoms with Crippen LogP contribution in [0.25, 0.3) is 0 Å². The highest BCUT2D eigenvalue weighted by molar-refractivity contribution is 5.82. The third-order valence-corrected chi connectivity index (χ3v) is 16.1. The summed E-state index contributed by atoms with van der Waals surface area (Å²) in [6.45, 7) is 21.7. The molecule has 0 radical (unpaired) electrons. The molecule has 16 heteroatoms. The van der Waals surface area contributed by atoms with E-state index in [1.807, 2.05) is 0 Å². The largest absolute Gasteiger partial charge is 0.378 e. The Hall–Kier alpha value is -2.06. The maximum Gasteiger partial charge on any atom is 0.237 e. The number of allylic oxidation sites excluding steroid dienone is 4. The van der Waals surface area contributed by atoms with Gasteiger partial charge in [-0.3, -0.25) is 9.59 Å². The van der Waals surface area contributed by atoms with Crippen molar-refractivity contribution in [2.45, 2.75) is 264 Å². The van der Waals surface area contributed by atoms with E-state index in [-0.39, 0.29) is 23.9 Å². The van der Waals surface area contributed by atoms with Gasteiger partial charge in [-0.25, -0.2) is 0 Å². The molecule has 0 spiro atoms. The van der Waals surface area contributed by atoms with E-state index in [0.29, 0.717) is 65.7 Å². The van der Waals surface area contributed by atoms with E-state index >= 15 is 0 Å². The number of carbonyl (C=O) groups is 2. The van der Waals surface area contributed by atoms with Gasteiger partial charge in [-0.15, -0.1) is 0 Å². The van der Waals surface area contributed by atoms with Gasteiger partial charge in [0.15, 0.2) is 0 Å². The van der Waals surface area contributed by atoms with Crippen LogP contribution in [0.2, 0.25) is 0 Å². The van der Waals surface area contributed by atoms with Gasteiger partial charge < -0.3 is 74.1 Å². The molecule has 504 valence electrons. The first-order valence-corrected chi connectivity index (χ1v) is 36.1. The average molecular weight is 1210 g/mol. The summed E-state index contributed by atoms with van der Waals surface area (Å²) in [7, 11) is 0. The third kappa shape index (κ3) is 61.9. The van der Waals surface area contributed by atoms with E-state index in [9.17, 15) is 9.59 Å². The molecule has 0 heterocycles. The standard InChI is InChI=1S/C69H144N12O4/c1-3-5-7-9-11-13-15-17-19-21-23-25-27-29-31-33-57-81(59-41-55-79-69(83)67(77-53-39-47-73)43-35-49-75-51-37-45-71)61-63-85-65-64-84-62-60-80(56-32-30-28-26-24-22-20-18-16-14-12-10-8-6-4-2)58-40-54-78-68(82)66(76-52-38-46-72)42-34-48-74-50-36-44-70/h16-19,66-67,74-77H,3-15,20-65,70-73H2,1-2H3,(H,78,82)(H,79,83)/b18-16+,19-17+. The Bertz CT molecular complexity index is 1400. The maximum absolute atomic E-state index is 13.4. The van der Waals surface area contributed by atoms with E-state index in [1.54, 1.807) is 0 Å². The van der Waals surface area contributed by atoms with Gasteiger partial charge in [-0.2, -0.15) is 0 Å². The molecule has 0 aromatic carbocycles. The van der Waals surface area contributed by atoms with E-state index < -0.39 is 0 Å². The zero-order valence-electron chi connectivity index (χ0n) is 56.0. The number of rotatable bonds is 72. The SMILES string of the molecule is CCCCCCC/C=C/CCCCCCCCN(CCCNC(=O)C(CCCNCCCN)NCCCN)CCOCCOCCN(CCCCCCCC/C=C/CCCCCCCC)CCCNC(=O)C(CCCNCCCN)NCCCN. The minimum Gasteiger partial charge on any atom is -0.378 e.